The zero-order valence-corrected chi connectivity index (χ0v) is 8.83. The summed E-state index contributed by atoms with van der Waals surface area (Å²) >= 11 is 0. The summed E-state index contributed by atoms with van der Waals surface area (Å²) in [6.07, 6.45) is 4.74. The number of nitrogens with zero attached hydrogens (tertiary/aromatic N) is 2. The van der Waals surface area contributed by atoms with E-state index in [-0.39, 0.29) is 6.04 Å². The molecule has 0 aliphatic rings. The van der Waals surface area contributed by atoms with Gasteiger partial charge in [-0.1, -0.05) is 0 Å². The van der Waals surface area contributed by atoms with Crippen molar-refractivity contribution < 1.29 is 0 Å². The maximum Gasteiger partial charge on any atom is 0.144 e. The van der Waals surface area contributed by atoms with Gasteiger partial charge < -0.3 is 11.5 Å². The van der Waals surface area contributed by atoms with Gasteiger partial charge in [0.25, 0.3) is 0 Å². The molecule has 1 aromatic rings. The minimum absolute atomic E-state index is 0.262. The second-order valence-electron chi connectivity index (χ2n) is 3.70. The molecular formula is C10H18N4. The second-order valence-corrected chi connectivity index (χ2v) is 3.70. The monoisotopic (exact) mass is 194 g/mol. The van der Waals surface area contributed by atoms with Crippen LogP contribution >= 0.6 is 0 Å². The third kappa shape index (κ3) is 3.30. The first-order chi connectivity index (χ1) is 6.59. The lowest BCUT2D eigenvalue weighted by molar-refractivity contribution is 0.618. The molecule has 4 heteroatoms. The first-order valence-electron chi connectivity index (χ1n) is 4.93. The third-order valence-electron chi connectivity index (χ3n) is 2.13. The lowest BCUT2D eigenvalue weighted by Crippen LogP contribution is -2.14. The highest BCUT2D eigenvalue weighted by Gasteiger charge is 2.01. The molecule has 0 spiro atoms. The Morgan fingerprint density at radius 1 is 1.50 bits per heavy atom. The van der Waals surface area contributed by atoms with Gasteiger partial charge in [-0.25, -0.2) is 4.98 Å². The Morgan fingerprint density at radius 2 is 2.21 bits per heavy atom. The van der Waals surface area contributed by atoms with Crippen molar-refractivity contribution in [2.24, 2.45) is 5.73 Å². The quantitative estimate of drug-likeness (QED) is 0.750. The van der Waals surface area contributed by atoms with E-state index in [4.69, 9.17) is 11.5 Å². The Hall–Kier alpha value is -1.16. The van der Waals surface area contributed by atoms with Crippen LogP contribution in [0.25, 0.3) is 0 Å². The fourth-order valence-electron chi connectivity index (χ4n) is 1.26. The van der Waals surface area contributed by atoms with Crippen molar-refractivity contribution in [3.63, 3.8) is 0 Å². The summed E-state index contributed by atoms with van der Waals surface area (Å²) in [5.41, 5.74) is 13.0. The number of aromatic nitrogens is 2. The fourth-order valence-corrected chi connectivity index (χ4v) is 1.26. The minimum Gasteiger partial charge on any atom is -0.382 e. The van der Waals surface area contributed by atoms with E-state index in [1.807, 2.05) is 13.8 Å². The van der Waals surface area contributed by atoms with Crippen molar-refractivity contribution in [1.82, 2.24) is 9.97 Å². The Kier molecular flexibility index (Phi) is 3.83. The van der Waals surface area contributed by atoms with Gasteiger partial charge in [-0.05, 0) is 33.1 Å². The maximum atomic E-state index is 5.65. The van der Waals surface area contributed by atoms with E-state index in [0.29, 0.717) is 5.82 Å². The number of hydrogen-bond donors (Lipinski definition) is 2. The molecule has 78 valence electrons. The predicted octanol–water partition coefficient (Wildman–Crippen LogP) is 1.04. The lowest BCUT2D eigenvalue weighted by Gasteiger charge is -2.05. The van der Waals surface area contributed by atoms with E-state index >= 15 is 0 Å². The largest absolute Gasteiger partial charge is 0.382 e. The molecule has 0 saturated carbocycles. The van der Waals surface area contributed by atoms with Crippen LogP contribution in [0.2, 0.25) is 0 Å². The average Bonchev–Trinajstić information content (AvgIpc) is 2.10. The molecule has 0 aromatic carbocycles. The predicted molar refractivity (Wildman–Crippen MR) is 57.8 cm³/mol. The van der Waals surface area contributed by atoms with E-state index in [1.165, 1.54) is 0 Å². The second kappa shape index (κ2) is 4.91. The van der Waals surface area contributed by atoms with Crippen LogP contribution in [0.15, 0.2) is 6.20 Å². The maximum absolute atomic E-state index is 5.65. The average molecular weight is 194 g/mol. The molecule has 0 aliphatic carbocycles. The van der Waals surface area contributed by atoms with Crippen molar-refractivity contribution in [2.45, 2.75) is 39.2 Å². The number of hydrogen-bond acceptors (Lipinski definition) is 4. The van der Waals surface area contributed by atoms with Crippen molar-refractivity contribution in [3.8, 4) is 0 Å². The van der Waals surface area contributed by atoms with E-state index < -0.39 is 0 Å². The van der Waals surface area contributed by atoms with Crippen LogP contribution in [-0.2, 0) is 6.42 Å². The van der Waals surface area contributed by atoms with Gasteiger partial charge in [0.05, 0.1) is 17.6 Å². The Morgan fingerprint density at radius 3 is 2.79 bits per heavy atom. The van der Waals surface area contributed by atoms with Crippen LogP contribution in [0.4, 0.5) is 5.82 Å². The molecule has 1 aromatic heterocycles. The normalized spacial score (nSPS) is 12.8. The summed E-state index contributed by atoms with van der Waals surface area (Å²) in [6.45, 7) is 3.89. The molecule has 1 heterocycles. The molecule has 1 atom stereocenters. The fraction of sp³-hybridized carbons (Fsp3) is 0.600. The Labute approximate surface area is 84.7 Å². The van der Waals surface area contributed by atoms with Gasteiger partial charge >= 0.3 is 0 Å². The highest BCUT2D eigenvalue weighted by Crippen LogP contribution is 2.07. The topological polar surface area (TPSA) is 77.8 Å². The molecule has 0 bridgehead atoms. The molecule has 0 fully saturated rings. The summed E-state index contributed by atoms with van der Waals surface area (Å²) in [5, 5.41) is 0. The van der Waals surface area contributed by atoms with Gasteiger partial charge in [-0.2, -0.15) is 0 Å². The number of anilines is 1. The zero-order valence-electron chi connectivity index (χ0n) is 8.83. The van der Waals surface area contributed by atoms with Gasteiger partial charge in [0, 0.05) is 6.04 Å². The van der Waals surface area contributed by atoms with Gasteiger partial charge in [0.15, 0.2) is 0 Å². The van der Waals surface area contributed by atoms with Gasteiger partial charge in [-0.3, -0.25) is 4.98 Å². The molecule has 1 rings (SSSR count). The summed E-state index contributed by atoms with van der Waals surface area (Å²) < 4.78 is 0. The van der Waals surface area contributed by atoms with Crippen molar-refractivity contribution in [1.29, 1.82) is 0 Å². The van der Waals surface area contributed by atoms with Crippen LogP contribution < -0.4 is 11.5 Å². The molecule has 0 radical (unpaired) electrons. The summed E-state index contributed by atoms with van der Waals surface area (Å²) in [7, 11) is 0. The summed E-state index contributed by atoms with van der Waals surface area (Å²) in [6, 6.07) is 0.262. The van der Waals surface area contributed by atoms with Crippen LogP contribution in [0.1, 0.15) is 31.2 Å². The van der Waals surface area contributed by atoms with Crippen molar-refractivity contribution >= 4 is 5.82 Å². The Bertz CT molecular complexity index is 296. The molecule has 4 nitrogen and oxygen atoms in total. The van der Waals surface area contributed by atoms with Crippen LogP contribution in [0, 0.1) is 6.92 Å². The molecule has 4 N–H and O–H groups in total. The van der Waals surface area contributed by atoms with Crippen LogP contribution in [0.5, 0.6) is 0 Å². The van der Waals surface area contributed by atoms with E-state index in [0.717, 1.165) is 30.7 Å². The van der Waals surface area contributed by atoms with Gasteiger partial charge in [-0.15, -0.1) is 0 Å². The van der Waals surface area contributed by atoms with Gasteiger partial charge in [0.2, 0.25) is 0 Å². The van der Waals surface area contributed by atoms with Crippen LogP contribution in [0.3, 0.4) is 0 Å². The number of rotatable bonds is 4. The molecule has 0 aliphatic heterocycles. The lowest BCUT2D eigenvalue weighted by atomic mass is 10.1. The van der Waals surface area contributed by atoms with E-state index in [2.05, 4.69) is 9.97 Å². The molecule has 14 heavy (non-hydrogen) atoms. The van der Waals surface area contributed by atoms with Crippen molar-refractivity contribution in [3.05, 3.63) is 17.6 Å². The number of nitrogen functional groups attached to an aromatic ring is 1. The number of aryl methyl sites for hydroxylation is 2. The highest BCUT2D eigenvalue weighted by atomic mass is 14.9. The van der Waals surface area contributed by atoms with Gasteiger partial charge in [0.1, 0.15) is 5.82 Å². The number of nitrogens with two attached hydrogens (primary N) is 2. The van der Waals surface area contributed by atoms with E-state index in [1.54, 1.807) is 6.20 Å². The summed E-state index contributed by atoms with van der Waals surface area (Å²) in [4.78, 5) is 8.40. The molecule has 0 amide bonds. The van der Waals surface area contributed by atoms with E-state index in [9.17, 15) is 0 Å². The first kappa shape index (κ1) is 10.9. The standard InChI is InChI=1S/C10H18N4/c1-7(11)4-3-5-9-6-13-10(12)8(2)14-9/h6-7H,3-5,11H2,1-2H3,(H2,12,13)/t7-/m0/s1. The smallest absolute Gasteiger partial charge is 0.144 e. The molecule has 0 unspecified atom stereocenters. The highest BCUT2D eigenvalue weighted by molar-refractivity contribution is 5.32. The summed E-state index contributed by atoms with van der Waals surface area (Å²) in [5.74, 6) is 0.515. The molecule has 0 saturated heterocycles. The van der Waals surface area contributed by atoms with Crippen molar-refractivity contribution in [2.75, 3.05) is 5.73 Å². The Balaban J connectivity index is 2.47. The first-order valence-corrected chi connectivity index (χ1v) is 4.93. The zero-order chi connectivity index (χ0) is 10.6. The molecular weight excluding hydrogens is 176 g/mol. The third-order valence-corrected chi connectivity index (χ3v) is 2.13. The SMILES string of the molecule is Cc1nc(CCC[C@H](C)N)cnc1N. The minimum atomic E-state index is 0.262. The van der Waals surface area contributed by atoms with Crippen LogP contribution in [-0.4, -0.2) is 16.0 Å².